The fourth-order valence-corrected chi connectivity index (χ4v) is 6.29. The number of halogens is 3. The molecule has 2 aliphatic heterocycles. The Kier molecular flexibility index (Phi) is 12.3. The van der Waals surface area contributed by atoms with E-state index in [0.29, 0.717) is 16.0 Å². The van der Waals surface area contributed by atoms with Crippen LogP contribution in [0.4, 0.5) is 13.2 Å². The van der Waals surface area contributed by atoms with E-state index in [1.807, 2.05) is 0 Å². The Bertz CT molecular complexity index is 1940. The number of rotatable bonds is 7. The first kappa shape index (κ1) is 38.3. The average molecular weight is 749 g/mol. The summed E-state index contributed by atoms with van der Waals surface area (Å²) < 4.78 is 45.6. The summed E-state index contributed by atoms with van der Waals surface area (Å²) in [5, 5.41) is 22.1. The first-order chi connectivity index (χ1) is 25.3. The van der Waals surface area contributed by atoms with Crippen LogP contribution in [0.15, 0.2) is 103 Å². The Morgan fingerprint density at radius 3 is 1.96 bits per heavy atom. The number of ether oxygens (including phenoxy) is 1. The van der Waals surface area contributed by atoms with Gasteiger partial charge in [-0.15, -0.1) is 11.3 Å². The summed E-state index contributed by atoms with van der Waals surface area (Å²) >= 11 is 1.25. The number of carboxylic acid groups (broad SMARTS) is 1. The van der Waals surface area contributed by atoms with Crippen molar-refractivity contribution >= 4 is 46.5 Å². The SMILES string of the molecule is C=C(c1cccs1)C1NC(=O)COc2ccc(cc2)CC(C(=O)O)NC(=O)C(Cc2ccccc2)NC(=O)C(Cc2ccc(C(F)(F)F)cc2)NC1=O. The maximum atomic E-state index is 14.1. The van der Waals surface area contributed by atoms with Gasteiger partial charge in [-0.25, -0.2) is 4.79 Å². The van der Waals surface area contributed by atoms with Crippen molar-refractivity contribution in [1.82, 2.24) is 21.3 Å². The number of fused-ring (bicyclic) bond motifs is 16. The highest BCUT2D eigenvalue weighted by Gasteiger charge is 2.34. The number of nitrogens with one attached hydrogen (secondary N) is 4. The molecule has 3 heterocycles. The summed E-state index contributed by atoms with van der Waals surface area (Å²) in [6, 6.07) is 16.5. The van der Waals surface area contributed by atoms with Crippen molar-refractivity contribution in [3.05, 3.63) is 130 Å². The molecule has 53 heavy (non-hydrogen) atoms. The van der Waals surface area contributed by atoms with E-state index in [1.54, 1.807) is 60.0 Å². The van der Waals surface area contributed by atoms with Crippen molar-refractivity contribution in [3.8, 4) is 5.75 Å². The zero-order chi connectivity index (χ0) is 38.1. The van der Waals surface area contributed by atoms with Crippen LogP contribution < -0.4 is 26.0 Å². The molecule has 6 rings (SSSR count). The number of carbonyl (C=O) groups is 5. The lowest BCUT2D eigenvalue weighted by molar-refractivity contribution is -0.142. The minimum absolute atomic E-state index is 0.0778. The second kappa shape index (κ2) is 17.0. The predicted molar refractivity (Wildman–Crippen MR) is 190 cm³/mol. The summed E-state index contributed by atoms with van der Waals surface area (Å²) in [6.07, 6.45) is -5.15. The number of thiophene rings is 1. The summed E-state index contributed by atoms with van der Waals surface area (Å²) in [4.78, 5) is 67.9. The van der Waals surface area contributed by atoms with Gasteiger partial charge in [0, 0.05) is 24.1 Å². The molecular weight excluding hydrogens is 714 g/mol. The molecule has 4 amide bonds. The Morgan fingerprint density at radius 1 is 0.774 bits per heavy atom. The molecule has 2 aliphatic rings. The van der Waals surface area contributed by atoms with Crippen LogP contribution >= 0.6 is 11.3 Å². The molecule has 2 bridgehead atoms. The van der Waals surface area contributed by atoms with Gasteiger partial charge in [-0.1, -0.05) is 67.2 Å². The van der Waals surface area contributed by atoms with E-state index < -0.39 is 72.1 Å². The monoisotopic (exact) mass is 748 g/mol. The minimum Gasteiger partial charge on any atom is -0.484 e. The van der Waals surface area contributed by atoms with Crippen molar-refractivity contribution in [2.45, 2.75) is 49.6 Å². The van der Waals surface area contributed by atoms with Crippen LogP contribution in [-0.4, -0.2) is 65.5 Å². The van der Waals surface area contributed by atoms with Gasteiger partial charge in [-0.2, -0.15) is 13.2 Å². The molecular formula is C38H35F3N4O7S. The smallest absolute Gasteiger partial charge is 0.416 e. The fraction of sp³-hybridized carbons (Fsp3) is 0.237. The normalized spacial score (nSPS) is 20.4. The zero-order valence-corrected chi connectivity index (χ0v) is 28.8. The topological polar surface area (TPSA) is 163 Å². The fourth-order valence-electron chi connectivity index (χ4n) is 5.56. The van der Waals surface area contributed by atoms with E-state index in [9.17, 15) is 42.3 Å². The van der Waals surface area contributed by atoms with Gasteiger partial charge in [0.05, 0.1) is 5.56 Å². The van der Waals surface area contributed by atoms with Crippen LogP contribution in [0.5, 0.6) is 5.75 Å². The molecule has 276 valence electrons. The van der Waals surface area contributed by atoms with Gasteiger partial charge in [-0.05, 0) is 58.0 Å². The molecule has 0 fully saturated rings. The lowest BCUT2D eigenvalue weighted by atomic mass is 10.00. The molecule has 0 saturated carbocycles. The molecule has 5 N–H and O–H groups in total. The van der Waals surface area contributed by atoms with Crippen LogP contribution in [0.3, 0.4) is 0 Å². The molecule has 0 spiro atoms. The Hall–Kier alpha value is -5.96. The molecule has 3 aromatic carbocycles. The molecule has 15 heteroatoms. The lowest BCUT2D eigenvalue weighted by Gasteiger charge is -2.27. The van der Waals surface area contributed by atoms with Gasteiger partial charge in [0.25, 0.3) is 5.91 Å². The number of benzene rings is 3. The maximum absolute atomic E-state index is 14.1. The molecule has 1 aromatic heterocycles. The summed E-state index contributed by atoms with van der Waals surface area (Å²) in [5.74, 6) is -4.38. The summed E-state index contributed by atoms with van der Waals surface area (Å²) in [6.45, 7) is 3.49. The molecule has 4 unspecified atom stereocenters. The Balaban J connectivity index is 1.53. The molecule has 11 nitrogen and oxygen atoms in total. The number of carboxylic acids is 1. The van der Waals surface area contributed by atoms with E-state index in [1.165, 1.54) is 23.5 Å². The van der Waals surface area contributed by atoms with Gasteiger partial charge >= 0.3 is 12.1 Å². The number of hydrogen-bond donors (Lipinski definition) is 5. The van der Waals surface area contributed by atoms with E-state index in [4.69, 9.17) is 4.74 Å². The van der Waals surface area contributed by atoms with E-state index in [0.717, 1.165) is 24.3 Å². The third-order valence-corrected chi connectivity index (χ3v) is 9.32. The predicted octanol–water partition coefficient (Wildman–Crippen LogP) is 3.92. The third-order valence-electron chi connectivity index (χ3n) is 8.37. The highest BCUT2D eigenvalue weighted by Crippen LogP contribution is 2.29. The summed E-state index contributed by atoms with van der Waals surface area (Å²) in [5.41, 5.74) is 0.649. The second-order valence-corrected chi connectivity index (χ2v) is 13.2. The number of amides is 4. The molecule has 0 saturated heterocycles. The third kappa shape index (κ3) is 10.5. The van der Waals surface area contributed by atoms with Gasteiger partial charge in [0.1, 0.15) is 29.9 Å². The van der Waals surface area contributed by atoms with Crippen molar-refractivity contribution < 1.29 is 47.0 Å². The largest absolute Gasteiger partial charge is 0.484 e. The highest BCUT2D eigenvalue weighted by molar-refractivity contribution is 7.11. The van der Waals surface area contributed by atoms with Crippen molar-refractivity contribution in [2.24, 2.45) is 0 Å². The van der Waals surface area contributed by atoms with Crippen molar-refractivity contribution in [2.75, 3.05) is 6.61 Å². The number of carbonyl (C=O) groups excluding carboxylic acids is 4. The molecule has 0 radical (unpaired) electrons. The average Bonchev–Trinajstić information content (AvgIpc) is 3.68. The zero-order valence-electron chi connectivity index (χ0n) is 28.0. The van der Waals surface area contributed by atoms with Crippen LogP contribution in [0.1, 0.15) is 27.1 Å². The van der Waals surface area contributed by atoms with Gasteiger partial charge in [-0.3, -0.25) is 19.2 Å². The quantitative estimate of drug-likeness (QED) is 0.179. The minimum atomic E-state index is -4.62. The van der Waals surface area contributed by atoms with Gasteiger partial charge < -0.3 is 31.1 Å². The second-order valence-electron chi connectivity index (χ2n) is 12.3. The van der Waals surface area contributed by atoms with Crippen LogP contribution in [0.2, 0.25) is 0 Å². The van der Waals surface area contributed by atoms with Crippen LogP contribution in [0.25, 0.3) is 5.57 Å². The first-order valence-electron chi connectivity index (χ1n) is 16.3. The standard InChI is InChI=1S/C38H35F3N4O7S/c1-22(31-8-5-17-53-31)33-36(49)43-29(19-24-9-13-26(14-10-24)38(39,40)41)34(47)42-28(18-23-6-3-2-4-7-23)35(48)44-30(37(50)51)20-25-11-15-27(16-12-25)52-21-32(46)45-33/h2-17,28-30,33H,1,18-21H2,(H,42,47)(H,43,49)(H,44,48)(H,45,46)(H,50,51). The Labute approximate surface area is 306 Å². The van der Waals surface area contributed by atoms with Crippen molar-refractivity contribution in [1.29, 1.82) is 0 Å². The van der Waals surface area contributed by atoms with Crippen molar-refractivity contribution in [3.63, 3.8) is 0 Å². The molecule has 0 aliphatic carbocycles. The van der Waals surface area contributed by atoms with Crippen LogP contribution in [0, 0.1) is 0 Å². The lowest BCUT2D eigenvalue weighted by Crippen LogP contribution is -2.59. The van der Waals surface area contributed by atoms with E-state index in [-0.39, 0.29) is 36.1 Å². The first-order valence-corrected chi connectivity index (χ1v) is 17.2. The highest BCUT2D eigenvalue weighted by atomic mass is 32.1. The maximum Gasteiger partial charge on any atom is 0.416 e. The van der Waals surface area contributed by atoms with E-state index >= 15 is 0 Å². The van der Waals surface area contributed by atoms with Gasteiger partial charge in [0.2, 0.25) is 17.7 Å². The van der Waals surface area contributed by atoms with Crippen LogP contribution in [-0.2, 0) is 49.4 Å². The van der Waals surface area contributed by atoms with E-state index in [2.05, 4.69) is 27.8 Å². The number of aliphatic carboxylic acids is 1. The molecule has 4 atom stereocenters. The molecule has 4 aromatic rings. The van der Waals surface area contributed by atoms with Gasteiger partial charge in [0.15, 0.2) is 6.61 Å². The number of hydrogen-bond acceptors (Lipinski definition) is 7. The summed E-state index contributed by atoms with van der Waals surface area (Å²) in [7, 11) is 0. The Morgan fingerprint density at radius 2 is 1.38 bits per heavy atom. The number of alkyl halides is 3.